The smallest absolute Gasteiger partial charge is 0.297 e. The van der Waals surface area contributed by atoms with Gasteiger partial charge in [-0.3, -0.25) is 4.79 Å². The minimum atomic E-state index is -0.525. The van der Waals surface area contributed by atoms with Gasteiger partial charge < -0.3 is 20.4 Å². The molecule has 0 heterocycles. The molecule has 0 radical (unpaired) electrons. The second kappa shape index (κ2) is 8.18. The summed E-state index contributed by atoms with van der Waals surface area (Å²) in [7, 11) is 0. The van der Waals surface area contributed by atoms with E-state index in [1.54, 1.807) is 6.07 Å². The van der Waals surface area contributed by atoms with Crippen LogP contribution < -0.4 is 5.43 Å². The number of amides is 1. The monoisotopic (exact) mass is 363 g/mol. The van der Waals surface area contributed by atoms with Crippen molar-refractivity contribution < 1.29 is 25.2 Å². The highest BCUT2D eigenvalue weighted by atomic mass is 35.5. The number of phenols is 2. The Balaban J connectivity index is 2.13. The zero-order valence-electron chi connectivity index (χ0n) is 12.9. The zero-order valence-corrected chi connectivity index (χ0v) is 13.7. The summed E-state index contributed by atoms with van der Waals surface area (Å²) in [5, 5.41) is 39.5. The van der Waals surface area contributed by atoms with E-state index in [1.165, 1.54) is 42.6 Å². The summed E-state index contributed by atoms with van der Waals surface area (Å²) >= 11 is 5.74. The average Bonchev–Trinajstić information content (AvgIpc) is 2.58. The number of nitrogens with one attached hydrogen (secondary N) is 1. The summed E-state index contributed by atoms with van der Waals surface area (Å²) in [5.74, 6) is -0.983. The SMILES string of the molecule is O=C(N/N=C/c1cc([OH2+])c(O)c(/C=C/CO)c1)c1ccc(O)c(Cl)c1. The maximum absolute atomic E-state index is 11.9. The number of rotatable bonds is 5. The zero-order chi connectivity index (χ0) is 18.4. The maximum atomic E-state index is 11.9. The van der Waals surface area contributed by atoms with E-state index in [0.717, 1.165) is 0 Å². The standard InChI is InChI=1S/C17H15ClN2O5/c18-13-8-12(3-4-14(13)22)17(25)20-19-9-10-6-11(2-1-5-21)16(24)15(23)7-10/h1-4,6-9,21-24H,5H2,(H,20,25)/p+1/b2-1+,19-9+. The predicted octanol–water partition coefficient (Wildman–Crippen LogP) is 1.96. The highest BCUT2D eigenvalue weighted by molar-refractivity contribution is 6.32. The quantitative estimate of drug-likeness (QED) is 0.368. The topological polar surface area (TPSA) is 125 Å². The number of halogens is 1. The highest BCUT2D eigenvalue weighted by Crippen LogP contribution is 2.30. The summed E-state index contributed by atoms with van der Waals surface area (Å²) in [5.41, 5.74) is 3.34. The number of nitrogens with zero attached hydrogens (tertiary/aromatic N) is 1. The molecule has 130 valence electrons. The van der Waals surface area contributed by atoms with Gasteiger partial charge in [0, 0.05) is 22.8 Å². The number of aliphatic hydroxyl groups excluding tert-OH is 1. The van der Waals surface area contributed by atoms with E-state index >= 15 is 0 Å². The average molecular weight is 364 g/mol. The second-order valence-corrected chi connectivity index (χ2v) is 5.36. The van der Waals surface area contributed by atoms with E-state index in [0.29, 0.717) is 11.1 Å². The van der Waals surface area contributed by atoms with Gasteiger partial charge in [-0.1, -0.05) is 23.8 Å². The Labute approximate surface area is 148 Å². The fourth-order valence-corrected chi connectivity index (χ4v) is 2.12. The number of carbonyl (C=O) groups excluding carboxylic acids is 1. The number of aromatic hydroxyl groups is 2. The van der Waals surface area contributed by atoms with Crippen LogP contribution in [0.4, 0.5) is 0 Å². The normalized spacial score (nSPS) is 11.3. The van der Waals surface area contributed by atoms with Crippen molar-refractivity contribution in [1.82, 2.24) is 5.43 Å². The largest absolute Gasteiger partial charge is 0.591 e. The fraction of sp³-hybridized carbons (Fsp3) is 0.0588. The maximum Gasteiger partial charge on any atom is 0.297 e. The molecule has 25 heavy (non-hydrogen) atoms. The molecule has 1 amide bonds. The van der Waals surface area contributed by atoms with Crippen LogP contribution in [0.1, 0.15) is 21.5 Å². The number of hydrogen-bond acceptors (Lipinski definition) is 5. The third kappa shape index (κ3) is 4.72. The van der Waals surface area contributed by atoms with Gasteiger partial charge in [0.15, 0.2) is 0 Å². The molecule has 0 spiro atoms. The lowest BCUT2D eigenvalue weighted by Crippen LogP contribution is -2.17. The van der Waals surface area contributed by atoms with Gasteiger partial charge in [-0.15, -0.1) is 0 Å². The number of benzene rings is 2. The summed E-state index contributed by atoms with van der Waals surface area (Å²) < 4.78 is 0. The van der Waals surface area contributed by atoms with Crippen LogP contribution in [0.3, 0.4) is 0 Å². The van der Waals surface area contributed by atoms with Crippen molar-refractivity contribution >= 4 is 29.8 Å². The molecule has 0 saturated carbocycles. The molecule has 0 fully saturated rings. The van der Waals surface area contributed by atoms with Crippen molar-refractivity contribution in [3.63, 3.8) is 0 Å². The molecule has 6 N–H and O–H groups in total. The van der Waals surface area contributed by atoms with Gasteiger partial charge >= 0.3 is 0 Å². The summed E-state index contributed by atoms with van der Waals surface area (Å²) in [6.45, 7) is -0.198. The first kappa shape index (κ1) is 18.3. The van der Waals surface area contributed by atoms with Crippen LogP contribution in [0.15, 0.2) is 41.5 Å². The fourth-order valence-electron chi connectivity index (χ4n) is 1.94. The molecular weight excluding hydrogens is 348 g/mol. The van der Waals surface area contributed by atoms with Crippen molar-refractivity contribution in [3.8, 4) is 17.2 Å². The third-order valence-electron chi connectivity index (χ3n) is 3.15. The van der Waals surface area contributed by atoms with Crippen LogP contribution in [0.5, 0.6) is 17.2 Å². The Morgan fingerprint density at radius 3 is 2.72 bits per heavy atom. The molecule has 0 saturated heterocycles. The van der Waals surface area contributed by atoms with Crippen LogP contribution in [0.25, 0.3) is 6.08 Å². The summed E-state index contributed by atoms with van der Waals surface area (Å²) in [6, 6.07) is 6.92. The highest BCUT2D eigenvalue weighted by Gasteiger charge is 2.11. The van der Waals surface area contributed by atoms with Gasteiger partial charge in [-0.25, -0.2) is 5.43 Å². The first-order chi connectivity index (χ1) is 11.9. The van der Waals surface area contributed by atoms with E-state index in [1.807, 2.05) is 0 Å². The summed E-state index contributed by atoms with van der Waals surface area (Å²) in [4.78, 5) is 11.9. The lowest BCUT2D eigenvalue weighted by molar-refractivity contribution is 0.0955. The Morgan fingerprint density at radius 1 is 1.28 bits per heavy atom. The first-order valence-corrected chi connectivity index (χ1v) is 7.48. The Hall–Kier alpha value is -3.03. The molecule has 2 aromatic carbocycles. The van der Waals surface area contributed by atoms with Gasteiger partial charge in [-0.2, -0.15) is 5.10 Å². The van der Waals surface area contributed by atoms with E-state index in [-0.39, 0.29) is 34.4 Å². The molecule has 0 aliphatic rings. The van der Waals surface area contributed by atoms with Crippen molar-refractivity contribution in [2.75, 3.05) is 6.61 Å². The van der Waals surface area contributed by atoms with E-state index in [4.69, 9.17) is 21.8 Å². The Bertz CT molecular complexity index is 849. The molecule has 7 nitrogen and oxygen atoms in total. The van der Waals surface area contributed by atoms with E-state index in [9.17, 15) is 15.0 Å². The van der Waals surface area contributed by atoms with Gasteiger partial charge in [0.2, 0.25) is 5.75 Å². The number of hydrazone groups is 1. The third-order valence-corrected chi connectivity index (χ3v) is 3.46. The lowest BCUT2D eigenvalue weighted by atomic mass is 10.1. The Morgan fingerprint density at radius 2 is 2.04 bits per heavy atom. The van der Waals surface area contributed by atoms with Crippen LogP contribution in [-0.2, 0) is 0 Å². The van der Waals surface area contributed by atoms with E-state index < -0.39 is 5.91 Å². The van der Waals surface area contributed by atoms with Crippen LogP contribution in [-0.4, -0.2) is 39.2 Å². The first-order valence-electron chi connectivity index (χ1n) is 7.10. The van der Waals surface area contributed by atoms with Gasteiger partial charge in [-0.05, 0) is 24.3 Å². The molecule has 0 unspecified atom stereocenters. The minimum absolute atomic E-state index is 0.0503. The number of phenolic OH excluding ortho intramolecular Hbond substituents is 2. The second-order valence-electron chi connectivity index (χ2n) is 4.96. The molecular formula is C17H16ClN2O5+. The molecule has 0 aromatic heterocycles. The lowest BCUT2D eigenvalue weighted by Gasteiger charge is -2.03. The van der Waals surface area contributed by atoms with Crippen molar-refractivity contribution in [2.45, 2.75) is 0 Å². The molecule has 0 atom stereocenters. The molecule has 0 bridgehead atoms. The van der Waals surface area contributed by atoms with Crippen molar-refractivity contribution in [3.05, 3.63) is 58.1 Å². The number of hydrogen-bond donors (Lipinski definition) is 4. The predicted molar refractivity (Wildman–Crippen MR) is 95.5 cm³/mol. The molecule has 0 aliphatic carbocycles. The van der Waals surface area contributed by atoms with Crippen molar-refractivity contribution in [2.24, 2.45) is 5.10 Å². The minimum Gasteiger partial charge on any atom is -0.591 e. The number of aliphatic hydroxyl groups is 1. The molecule has 2 rings (SSSR count). The van der Waals surface area contributed by atoms with E-state index in [2.05, 4.69) is 10.5 Å². The number of carbonyl (C=O) groups is 1. The van der Waals surface area contributed by atoms with Gasteiger partial charge in [0.1, 0.15) is 5.75 Å². The van der Waals surface area contributed by atoms with Gasteiger partial charge in [0.25, 0.3) is 11.7 Å². The van der Waals surface area contributed by atoms with Crippen LogP contribution in [0.2, 0.25) is 5.02 Å². The Kier molecular flexibility index (Phi) is 5.99. The molecule has 8 heteroatoms. The summed E-state index contributed by atoms with van der Waals surface area (Å²) in [6.07, 6.45) is 4.21. The van der Waals surface area contributed by atoms with Crippen LogP contribution in [0, 0.1) is 0 Å². The van der Waals surface area contributed by atoms with Gasteiger partial charge in [0.05, 0.1) is 17.8 Å². The molecule has 2 aromatic rings. The molecule has 0 aliphatic heterocycles. The van der Waals surface area contributed by atoms with Crippen molar-refractivity contribution in [1.29, 1.82) is 0 Å². The van der Waals surface area contributed by atoms with Crippen LogP contribution >= 0.6 is 11.6 Å².